The fraction of sp³-hybridized carbons (Fsp3) is 0.190. The third-order valence-electron chi connectivity index (χ3n) is 4.10. The molecule has 0 saturated carbocycles. The molecule has 134 valence electrons. The number of benzene rings is 2. The second-order valence-corrected chi connectivity index (χ2v) is 6.43. The minimum absolute atomic E-state index is 0.116. The van der Waals surface area contributed by atoms with Crippen molar-refractivity contribution in [3.63, 3.8) is 0 Å². The van der Waals surface area contributed by atoms with Crippen LogP contribution in [0.3, 0.4) is 0 Å². The van der Waals surface area contributed by atoms with Gasteiger partial charge in [0.15, 0.2) is 11.5 Å². The Morgan fingerprint density at radius 1 is 1.04 bits per heavy atom. The number of ether oxygens (including phenoxy) is 2. The Balaban J connectivity index is 1.68. The number of hydrogen-bond acceptors (Lipinski definition) is 4. The molecule has 0 spiro atoms. The molecule has 0 aliphatic rings. The number of aromatic nitrogens is 1. The van der Waals surface area contributed by atoms with Crippen LogP contribution < -0.4 is 15.2 Å². The van der Waals surface area contributed by atoms with Crippen LogP contribution in [0.25, 0.3) is 0 Å². The van der Waals surface area contributed by atoms with Crippen molar-refractivity contribution in [1.82, 2.24) is 4.98 Å². The molecule has 5 heteroatoms. The van der Waals surface area contributed by atoms with Crippen molar-refractivity contribution in [2.75, 3.05) is 7.11 Å². The highest BCUT2D eigenvalue weighted by Gasteiger charge is 2.11. The number of nitrogens with zero attached hydrogens (tertiary/aromatic N) is 1. The maximum atomic E-state index is 6.28. The maximum absolute atomic E-state index is 6.28. The van der Waals surface area contributed by atoms with Gasteiger partial charge in [-0.15, -0.1) is 0 Å². The van der Waals surface area contributed by atoms with Crippen molar-refractivity contribution < 1.29 is 9.47 Å². The lowest BCUT2D eigenvalue weighted by Crippen LogP contribution is -2.13. The van der Waals surface area contributed by atoms with Crippen molar-refractivity contribution in [3.8, 4) is 11.5 Å². The molecule has 2 aromatic carbocycles. The van der Waals surface area contributed by atoms with E-state index in [1.165, 1.54) is 0 Å². The molecule has 0 aliphatic carbocycles. The van der Waals surface area contributed by atoms with E-state index in [0.29, 0.717) is 29.5 Å². The molecule has 1 unspecified atom stereocenters. The lowest BCUT2D eigenvalue weighted by Gasteiger charge is -2.15. The molecule has 3 rings (SSSR count). The van der Waals surface area contributed by atoms with Crippen molar-refractivity contribution in [1.29, 1.82) is 0 Å². The minimum atomic E-state index is -0.116. The minimum Gasteiger partial charge on any atom is -0.493 e. The van der Waals surface area contributed by atoms with Crippen LogP contribution in [0.15, 0.2) is 67.0 Å². The van der Waals surface area contributed by atoms with Gasteiger partial charge in [0.2, 0.25) is 0 Å². The van der Waals surface area contributed by atoms with Crippen molar-refractivity contribution in [2.45, 2.75) is 19.1 Å². The number of halogens is 1. The van der Waals surface area contributed by atoms with E-state index in [2.05, 4.69) is 4.98 Å². The number of pyridine rings is 1. The Morgan fingerprint density at radius 3 is 2.50 bits per heavy atom. The van der Waals surface area contributed by atoms with Gasteiger partial charge in [0.05, 0.1) is 7.11 Å². The summed E-state index contributed by atoms with van der Waals surface area (Å²) in [5, 5.41) is 0.709. The molecule has 0 bridgehead atoms. The first-order valence-corrected chi connectivity index (χ1v) is 8.73. The van der Waals surface area contributed by atoms with E-state index in [4.69, 9.17) is 26.8 Å². The van der Waals surface area contributed by atoms with Gasteiger partial charge >= 0.3 is 0 Å². The molecular weight excluding hydrogens is 348 g/mol. The summed E-state index contributed by atoms with van der Waals surface area (Å²) < 4.78 is 11.4. The van der Waals surface area contributed by atoms with Crippen LogP contribution in [-0.4, -0.2) is 12.1 Å². The quantitative estimate of drug-likeness (QED) is 0.664. The number of nitrogens with two attached hydrogens (primary N) is 1. The molecule has 0 radical (unpaired) electrons. The molecule has 26 heavy (non-hydrogen) atoms. The van der Waals surface area contributed by atoms with Crippen LogP contribution in [0.2, 0.25) is 5.02 Å². The molecular formula is C21H21ClN2O2. The summed E-state index contributed by atoms with van der Waals surface area (Å²) in [5.41, 5.74) is 9.41. The molecule has 1 aromatic heterocycles. The summed E-state index contributed by atoms with van der Waals surface area (Å²) in [5.74, 6) is 1.39. The zero-order chi connectivity index (χ0) is 18.4. The van der Waals surface area contributed by atoms with Gasteiger partial charge in [-0.2, -0.15) is 0 Å². The average Bonchev–Trinajstić information content (AvgIpc) is 2.68. The largest absolute Gasteiger partial charge is 0.493 e. The Hall–Kier alpha value is -2.56. The van der Waals surface area contributed by atoms with Gasteiger partial charge in [-0.25, -0.2) is 0 Å². The van der Waals surface area contributed by atoms with E-state index in [0.717, 1.165) is 16.7 Å². The van der Waals surface area contributed by atoms with Gasteiger partial charge in [-0.3, -0.25) is 4.98 Å². The Labute approximate surface area is 158 Å². The van der Waals surface area contributed by atoms with Crippen molar-refractivity contribution >= 4 is 11.6 Å². The number of rotatable bonds is 7. The SMILES string of the molecule is COc1cc(CC(N)c2cccnc2)ccc1OCc1ccc(Cl)cc1. The van der Waals surface area contributed by atoms with Gasteiger partial charge in [0.25, 0.3) is 0 Å². The standard InChI is InChI=1S/C21H21ClN2O2/c1-25-21-12-16(11-19(23)17-3-2-10-24-13-17)6-9-20(21)26-14-15-4-7-18(22)8-5-15/h2-10,12-13,19H,11,14,23H2,1H3. The molecule has 3 aromatic rings. The van der Waals surface area contributed by atoms with Gasteiger partial charge in [0, 0.05) is 23.5 Å². The van der Waals surface area contributed by atoms with E-state index in [9.17, 15) is 0 Å². The van der Waals surface area contributed by atoms with E-state index in [1.807, 2.05) is 54.6 Å². The Morgan fingerprint density at radius 2 is 1.81 bits per heavy atom. The third-order valence-corrected chi connectivity index (χ3v) is 4.36. The Bertz CT molecular complexity index is 838. The fourth-order valence-corrected chi connectivity index (χ4v) is 2.79. The van der Waals surface area contributed by atoms with Crippen LogP contribution in [0, 0.1) is 0 Å². The first-order chi connectivity index (χ1) is 12.7. The molecule has 0 saturated heterocycles. The normalized spacial score (nSPS) is 11.8. The molecule has 2 N–H and O–H groups in total. The predicted molar refractivity (Wildman–Crippen MR) is 104 cm³/mol. The molecule has 1 heterocycles. The summed E-state index contributed by atoms with van der Waals surface area (Å²) in [6.45, 7) is 0.447. The van der Waals surface area contributed by atoms with Crippen molar-refractivity contribution in [3.05, 3.63) is 88.7 Å². The molecule has 0 fully saturated rings. The summed E-state index contributed by atoms with van der Waals surface area (Å²) >= 11 is 5.90. The topological polar surface area (TPSA) is 57.4 Å². The monoisotopic (exact) mass is 368 g/mol. The van der Waals surface area contributed by atoms with Gasteiger partial charge < -0.3 is 15.2 Å². The van der Waals surface area contributed by atoms with Gasteiger partial charge in [0.1, 0.15) is 6.61 Å². The first-order valence-electron chi connectivity index (χ1n) is 8.35. The zero-order valence-corrected chi connectivity index (χ0v) is 15.3. The van der Waals surface area contributed by atoms with Crippen LogP contribution in [-0.2, 0) is 13.0 Å². The lowest BCUT2D eigenvalue weighted by molar-refractivity contribution is 0.284. The molecule has 0 amide bonds. The highest BCUT2D eigenvalue weighted by atomic mass is 35.5. The zero-order valence-electron chi connectivity index (χ0n) is 14.6. The average molecular weight is 369 g/mol. The summed E-state index contributed by atoms with van der Waals surface area (Å²) in [6.07, 6.45) is 4.23. The lowest BCUT2D eigenvalue weighted by atomic mass is 10.0. The van der Waals surface area contributed by atoms with Crippen LogP contribution >= 0.6 is 11.6 Å². The third kappa shape index (κ3) is 4.75. The number of methoxy groups -OCH3 is 1. The van der Waals surface area contributed by atoms with Crippen molar-refractivity contribution in [2.24, 2.45) is 5.73 Å². The highest BCUT2D eigenvalue weighted by molar-refractivity contribution is 6.30. The first kappa shape index (κ1) is 18.2. The molecule has 1 atom stereocenters. The fourth-order valence-electron chi connectivity index (χ4n) is 2.67. The van der Waals surface area contributed by atoms with E-state index >= 15 is 0 Å². The van der Waals surface area contributed by atoms with Gasteiger partial charge in [-0.05, 0) is 53.4 Å². The molecule has 0 aliphatic heterocycles. The van der Waals surface area contributed by atoms with E-state index < -0.39 is 0 Å². The van der Waals surface area contributed by atoms with Crippen LogP contribution in [0.4, 0.5) is 0 Å². The predicted octanol–water partition coefficient (Wildman–Crippen LogP) is 4.57. The van der Waals surface area contributed by atoms with Crippen LogP contribution in [0.5, 0.6) is 11.5 Å². The smallest absolute Gasteiger partial charge is 0.161 e. The second kappa shape index (κ2) is 8.70. The summed E-state index contributed by atoms with van der Waals surface area (Å²) in [4.78, 5) is 4.12. The van der Waals surface area contributed by atoms with E-state index in [-0.39, 0.29) is 6.04 Å². The number of hydrogen-bond donors (Lipinski definition) is 1. The molecule has 4 nitrogen and oxygen atoms in total. The van der Waals surface area contributed by atoms with Crippen LogP contribution in [0.1, 0.15) is 22.7 Å². The summed E-state index contributed by atoms with van der Waals surface area (Å²) in [6, 6.07) is 17.2. The maximum Gasteiger partial charge on any atom is 0.161 e. The van der Waals surface area contributed by atoms with E-state index in [1.54, 1.807) is 19.5 Å². The second-order valence-electron chi connectivity index (χ2n) is 6.00. The Kier molecular flexibility index (Phi) is 6.10. The highest BCUT2D eigenvalue weighted by Crippen LogP contribution is 2.30. The summed E-state index contributed by atoms with van der Waals surface area (Å²) in [7, 11) is 1.63. The van der Waals surface area contributed by atoms with Gasteiger partial charge in [-0.1, -0.05) is 35.9 Å².